The molecular formula is C10H18O3. The zero-order valence-corrected chi connectivity index (χ0v) is 8.38. The molecule has 0 fully saturated rings. The maximum absolute atomic E-state index is 8.98. The molecule has 1 unspecified atom stereocenters. The third-order valence-electron chi connectivity index (χ3n) is 2.19. The van der Waals surface area contributed by atoms with Gasteiger partial charge in [0, 0.05) is 6.61 Å². The lowest BCUT2D eigenvalue weighted by Crippen LogP contribution is -2.19. The van der Waals surface area contributed by atoms with Gasteiger partial charge in [0.15, 0.2) is 0 Å². The number of carbonyl (C=O) groups excluding carboxylic acids is 2. The zero-order chi connectivity index (χ0) is 10.7. The summed E-state index contributed by atoms with van der Waals surface area (Å²) in [5.41, 5.74) is 0.119. The minimum Gasteiger partial charge on any atom is -0.396 e. The number of aliphatic hydroxyl groups excluding tert-OH is 1. The third kappa shape index (κ3) is 8.99. The van der Waals surface area contributed by atoms with Gasteiger partial charge in [-0.2, -0.15) is 9.59 Å². The summed E-state index contributed by atoms with van der Waals surface area (Å²) in [4.78, 5) is 16.2. The first-order valence-electron chi connectivity index (χ1n) is 4.31. The average Bonchev–Trinajstić information content (AvgIpc) is 2.15. The van der Waals surface area contributed by atoms with E-state index in [1.165, 1.54) is 0 Å². The van der Waals surface area contributed by atoms with Crippen LogP contribution in [0.3, 0.4) is 0 Å². The molecule has 0 saturated carbocycles. The Morgan fingerprint density at radius 3 is 2.23 bits per heavy atom. The Morgan fingerprint density at radius 2 is 2.00 bits per heavy atom. The molecule has 0 aromatic heterocycles. The average molecular weight is 186 g/mol. The van der Waals surface area contributed by atoms with Crippen molar-refractivity contribution in [1.29, 1.82) is 0 Å². The molecule has 0 spiro atoms. The van der Waals surface area contributed by atoms with E-state index in [4.69, 9.17) is 14.7 Å². The number of hydrogen-bond donors (Lipinski definition) is 1. The summed E-state index contributed by atoms with van der Waals surface area (Å²) in [6, 6.07) is 0. The molecule has 0 rings (SSSR count). The summed E-state index contributed by atoms with van der Waals surface area (Å²) in [5.74, 6) is 0. The van der Waals surface area contributed by atoms with Crippen LogP contribution in [-0.2, 0) is 9.59 Å². The molecule has 76 valence electrons. The van der Waals surface area contributed by atoms with Gasteiger partial charge in [0.1, 0.15) is 0 Å². The van der Waals surface area contributed by atoms with E-state index >= 15 is 0 Å². The minimum atomic E-state index is 0.119. The summed E-state index contributed by atoms with van der Waals surface area (Å²) in [6.45, 7) is 8.16. The van der Waals surface area contributed by atoms with E-state index in [1.54, 1.807) is 0 Å². The fourth-order valence-corrected chi connectivity index (χ4v) is 0.818. The van der Waals surface area contributed by atoms with Crippen molar-refractivity contribution in [2.75, 3.05) is 6.61 Å². The second-order valence-corrected chi connectivity index (χ2v) is 3.23. The van der Waals surface area contributed by atoms with Crippen molar-refractivity contribution in [3.8, 4) is 0 Å². The molecule has 3 nitrogen and oxygen atoms in total. The van der Waals surface area contributed by atoms with E-state index < -0.39 is 0 Å². The molecule has 0 aliphatic rings. The predicted molar refractivity (Wildman–Crippen MR) is 49.9 cm³/mol. The van der Waals surface area contributed by atoms with Gasteiger partial charge in [0.25, 0.3) is 0 Å². The van der Waals surface area contributed by atoms with Crippen LogP contribution in [0.4, 0.5) is 0 Å². The summed E-state index contributed by atoms with van der Waals surface area (Å²) in [7, 11) is 0. The quantitative estimate of drug-likeness (QED) is 0.666. The van der Waals surface area contributed by atoms with Crippen LogP contribution < -0.4 is 0 Å². The highest BCUT2D eigenvalue weighted by atomic mass is 16.3. The maximum Gasteiger partial charge on any atom is 0.373 e. The number of hydrogen-bond acceptors (Lipinski definition) is 3. The molecule has 0 aliphatic heterocycles. The molecule has 0 saturated heterocycles. The molecule has 0 amide bonds. The van der Waals surface area contributed by atoms with Gasteiger partial charge in [-0.05, 0) is 24.7 Å². The topological polar surface area (TPSA) is 54.4 Å². The van der Waals surface area contributed by atoms with Crippen LogP contribution in [0, 0.1) is 5.41 Å². The zero-order valence-electron chi connectivity index (χ0n) is 8.38. The van der Waals surface area contributed by atoms with Crippen molar-refractivity contribution in [3.63, 3.8) is 0 Å². The van der Waals surface area contributed by atoms with Gasteiger partial charge in [-0.1, -0.05) is 19.9 Å². The Kier molecular flexibility index (Phi) is 10.3. The fraction of sp³-hybridized carbons (Fsp3) is 0.700. The van der Waals surface area contributed by atoms with Crippen LogP contribution >= 0.6 is 0 Å². The van der Waals surface area contributed by atoms with Crippen LogP contribution in [-0.4, -0.2) is 17.9 Å². The SMILES string of the molecule is C=CCCC(C)(CC)CO.O=C=O. The Morgan fingerprint density at radius 1 is 1.54 bits per heavy atom. The van der Waals surface area contributed by atoms with Crippen molar-refractivity contribution < 1.29 is 14.7 Å². The van der Waals surface area contributed by atoms with Gasteiger partial charge in [-0.15, -0.1) is 6.58 Å². The highest BCUT2D eigenvalue weighted by molar-refractivity contribution is 5.20. The largest absolute Gasteiger partial charge is 0.396 e. The Balaban J connectivity index is 0. The lowest BCUT2D eigenvalue weighted by Gasteiger charge is -2.24. The van der Waals surface area contributed by atoms with E-state index in [0.29, 0.717) is 0 Å². The smallest absolute Gasteiger partial charge is 0.373 e. The highest BCUT2D eigenvalue weighted by Gasteiger charge is 2.18. The summed E-state index contributed by atoms with van der Waals surface area (Å²) in [5, 5.41) is 8.98. The predicted octanol–water partition coefficient (Wildman–Crippen LogP) is 1.78. The molecule has 0 radical (unpaired) electrons. The number of rotatable bonds is 5. The summed E-state index contributed by atoms with van der Waals surface area (Å²) >= 11 is 0. The standard InChI is InChI=1S/C9H18O.CO2/c1-4-6-7-9(3,5-2)8-10;2-1-3/h4,10H,1,5-8H2,2-3H3;. The van der Waals surface area contributed by atoms with Gasteiger partial charge in [-0.3, -0.25) is 0 Å². The lowest BCUT2D eigenvalue weighted by atomic mass is 9.84. The molecule has 0 bridgehead atoms. The molecule has 3 heteroatoms. The van der Waals surface area contributed by atoms with E-state index in [0.717, 1.165) is 19.3 Å². The normalized spacial score (nSPS) is 13.2. The van der Waals surface area contributed by atoms with Crippen molar-refractivity contribution >= 4 is 6.15 Å². The van der Waals surface area contributed by atoms with E-state index in [9.17, 15) is 0 Å². The second kappa shape index (κ2) is 9.17. The monoisotopic (exact) mass is 186 g/mol. The Hall–Kier alpha value is -0.920. The first kappa shape index (κ1) is 14.6. The van der Waals surface area contributed by atoms with Crippen molar-refractivity contribution in [2.45, 2.75) is 33.1 Å². The van der Waals surface area contributed by atoms with E-state index in [2.05, 4.69) is 20.4 Å². The third-order valence-corrected chi connectivity index (χ3v) is 2.19. The molecular weight excluding hydrogens is 168 g/mol. The minimum absolute atomic E-state index is 0.119. The highest BCUT2D eigenvalue weighted by Crippen LogP contribution is 2.26. The van der Waals surface area contributed by atoms with Crippen LogP contribution in [0.5, 0.6) is 0 Å². The molecule has 0 aromatic rings. The molecule has 0 aromatic carbocycles. The van der Waals surface area contributed by atoms with Crippen LogP contribution in [0.15, 0.2) is 12.7 Å². The molecule has 13 heavy (non-hydrogen) atoms. The van der Waals surface area contributed by atoms with Gasteiger partial charge in [0.2, 0.25) is 0 Å². The molecule has 1 N–H and O–H groups in total. The number of aliphatic hydroxyl groups is 1. The van der Waals surface area contributed by atoms with Gasteiger partial charge in [0.05, 0.1) is 0 Å². The van der Waals surface area contributed by atoms with Crippen LogP contribution in [0.2, 0.25) is 0 Å². The maximum atomic E-state index is 8.98. The molecule has 1 atom stereocenters. The molecule has 0 heterocycles. The number of allylic oxidation sites excluding steroid dienone is 1. The van der Waals surface area contributed by atoms with E-state index in [1.807, 2.05) is 6.08 Å². The summed E-state index contributed by atoms with van der Waals surface area (Å²) in [6.07, 6.45) is 5.25. The van der Waals surface area contributed by atoms with Gasteiger partial charge < -0.3 is 5.11 Å². The van der Waals surface area contributed by atoms with Crippen LogP contribution in [0.1, 0.15) is 33.1 Å². The van der Waals surface area contributed by atoms with Gasteiger partial charge in [-0.25, -0.2) is 0 Å². The fourth-order valence-electron chi connectivity index (χ4n) is 0.818. The van der Waals surface area contributed by atoms with Crippen LogP contribution in [0.25, 0.3) is 0 Å². The van der Waals surface area contributed by atoms with E-state index in [-0.39, 0.29) is 18.2 Å². The Labute approximate surface area is 79.5 Å². The first-order chi connectivity index (χ1) is 6.10. The van der Waals surface area contributed by atoms with Crippen molar-refractivity contribution in [1.82, 2.24) is 0 Å². The van der Waals surface area contributed by atoms with Crippen molar-refractivity contribution in [2.24, 2.45) is 5.41 Å². The van der Waals surface area contributed by atoms with Gasteiger partial charge >= 0.3 is 6.15 Å². The summed E-state index contributed by atoms with van der Waals surface area (Å²) < 4.78 is 0. The second-order valence-electron chi connectivity index (χ2n) is 3.23. The lowest BCUT2D eigenvalue weighted by molar-refractivity contribution is -0.191. The Bertz CT molecular complexity index is 154. The van der Waals surface area contributed by atoms with Crippen molar-refractivity contribution in [3.05, 3.63) is 12.7 Å². The first-order valence-corrected chi connectivity index (χ1v) is 4.31. The molecule has 0 aliphatic carbocycles.